The minimum Gasteiger partial charge on any atom is -0.552 e. The van der Waals surface area contributed by atoms with Crippen LogP contribution < -0.4 is 5.11 Å². The first-order valence-electron chi connectivity index (χ1n) is 9.43. The van der Waals surface area contributed by atoms with Crippen molar-refractivity contribution in [3.05, 3.63) is 64.9 Å². The maximum Gasteiger partial charge on any atom is 0.101 e. The Bertz CT molecular complexity index is 940. The second-order valence-corrected chi connectivity index (χ2v) is 8.44. The van der Waals surface area contributed by atoms with Gasteiger partial charge in [-0.3, -0.25) is 5.01 Å². The third-order valence-electron chi connectivity index (χ3n) is 4.56. The van der Waals surface area contributed by atoms with Gasteiger partial charge in [0.1, 0.15) is 10.0 Å². The van der Waals surface area contributed by atoms with E-state index in [2.05, 4.69) is 15.1 Å². The van der Waals surface area contributed by atoms with Crippen LogP contribution in [0.4, 0.5) is 5.69 Å². The number of piperidine rings is 1. The molecule has 3 rings (SSSR count). The molecule has 0 spiro atoms. The van der Waals surface area contributed by atoms with E-state index in [1.165, 1.54) is 30.7 Å². The molecule has 154 valence electrons. The van der Waals surface area contributed by atoms with Crippen molar-refractivity contribution in [1.29, 1.82) is 0 Å². The van der Waals surface area contributed by atoms with Crippen LogP contribution >= 0.6 is 0 Å². The van der Waals surface area contributed by atoms with Crippen LogP contribution in [0.15, 0.2) is 69.8 Å². The molecule has 1 aliphatic rings. The summed E-state index contributed by atoms with van der Waals surface area (Å²) in [6.45, 7) is 1.72. The van der Waals surface area contributed by atoms with Crippen molar-refractivity contribution in [3.8, 4) is 0 Å². The smallest absolute Gasteiger partial charge is 0.101 e. The van der Waals surface area contributed by atoms with Crippen molar-refractivity contribution in [1.82, 2.24) is 5.01 Å². The fraction of sp³-hybridized carbons (Fsp3) is 0.350. The number of carboxylic acids is 1. The maximum atomic E-state index is 12.5. The van der Waals surface area contributed by atoms with Crippen molar-refractivity contribution in [3.63, 3.8) is 0 Å². The first-order chi connectivity index (χ1) is 13.9. The van der Waals surface area contributed by atoms with E-state index < -0.39 is 22.0 Å². The molecule has 0 aliphatic carbocycles. The molecule has 0 bridgehead atoms. The van der Waals surface area contributed by atoms with Gasteiger partial charge in [0.05, 0.1) is 5.69 Å². The molecule has 0 radical (unpaired) electrons. The third-order valence-corrected chi connectivity index (χ3v) is 5.96. The SMILES string of the molecule is O=C([O-])C(Cc1ccccc1)[N-]S(=O)(=O)c1ccc(N=NN2CCCCC2)cc1. The quantitative estimate of drug-likeness (QED) is 0.616. The van der Waals surface area contributed by atoms with E-state index in [9.17, 15) is 18.3 Å². The number of sulfonamides is 1. The van der Waals surface area contributed by atoms with Crippen LogP contribution in [0, 0.1) is 0 Å². The monoisotopic (exact) mass is 414 g/mol. The Labute approximate surface area is 170 Å². The molecule has 29 heavy (non-hydrogen) atoms. The van der Waals surface area contributed by atoms with Gasteiger partial charge in [0, 0.05) is 24.0 Å². The molecule has 1 fully saturated rings. The first kappa shape index (κ1) is 20.9. The van der Waals surface area contributed by atoms with Crippen molar-refractivity contribution in [2.24, 2.45) is 10.3 Å². The second kappa shape index (κ2) is 9.62. The van der Waals surface area contributed by atoms with Gasteiger partial charge in [0.15, 0.2) is 0 Å². The van der Waals surface area contributed by atoms with Crippen LogP contribution in [0.3, 0.4) is 0 Å². The number of aliphatic carboxylic acids is 1. The number of hydrogen-bond donors (Lipinski definition) is 0. The molecule has 0 amide bonds. The van der Waals surface area contributed by atoms with Gasteiger partial charge in [-0.25, -0.2) is 8.42 Å². The molecule has 1 heterocycles. The average molecular weight is 414 g/mol. The minimum absolute atomic E-state index is 0.0649. The lowest BCUT2D eigenvalue weighted by molar-refractivity contribution is -0.306. The summed E-state index contributed by atoms with van der Waals surface area (Å²) < 4.78 is 28.6. The van der Waals surface area contributed by atoms with Crippen LogP contribution in [-0.4, -0.2) is 38.5 Å². The van der Waals surface area contributed by atoms with Crippen LogP contribution in [0.2, 0.25) is 0 Å². The van der Waals surface area contributed by atoms with Gasteiger partial charge in [-0.1, -0.05) is 41.6 Å². The summed E-state index contributed by atoms with van der Waals surface area (Å²) in [5, 5.41) is 21.6. The van der Waals surface area contributed by atoms with E-state index >= 15 is 0 Å². The lowest BCUT2D eigenvalue weighted by atomic mass is 10.1. The predicted molar refractivity (Wildman–Crippen MR) is 106 cm³/mol. The fourth-order valence-corrected chi connectivity index (χ4v) is 4.09. The molecular formula is C20H22N4O4S-2. The lowest BCUT2D eigenvalue weighted by Crippen LogP contribution is -2.37. The number of nitrogens with zero attached hydrogens (tertiary/aromatic N) is 4. The number of hydrogen-bond acceptors (Lipinski definition) is 6. The molecule has 9 heteroatoms. The largest absolute Gasteiger partial charge is 0.552 e. The summed E-state index contributed by atoms with van der Waals surface area (Å²) in [4.78, 5) is 11.3. The molecule has 2 aromatic carbocycles. The summed E-state index contributed by atoms with van der Waals surface area (Å²) in [6.07, 6.45) is 3.30. The Kier molecular flexibility index (Phi) is 6.95. The van der Waals surface area contributed by atoms with Crippen LogP contribution in [0.25, 0.3) is 4.72 Å². The maximum absolute atomic E-state index is 12.5. The van der Waals surface area contributed by atoms with E-state index in [0.717, 1.165) is 25.9 Å². The van der Waals surface area contributed by atoms with Crippen molar-refractivity contribution < 1.29 is 18.3 Å². The zero-order valence-electron chi connectivity index (χ0n) is 15.8. The Balaban J connectivity index is 1.67. The molecule has 0 N–H and O–H groups in total. The number of carbonyl (C=O) groups excluding carboxylic acids is 1. The predicted octanol–water partition coefficient (Wildman–Crippen LogP) is 2.59. The summed E-state index contributed by atoms with van der Waals surface area (Å²) in [7, 11) is -4.16. The summed E-state index contributed by atoms with van der Waals surface area (Å²) in [5.41, 5.74) is 1.17. The Morgan fingerprint density at radius 3 is 2.31 bits per heavy atom. The Hall–Kier alpha value is -2.78. The van der Waals surface area contributed by atoms with Gasteiger partial charge in [-0.2, -0.15) is 0 Å². The van der Waals surface area contributed by atoms with E-state index in [-0.39, 0.29) is 11.3 Å². The Morgan fingerprint density at radius 1 is 1.03 bits per heavy atom. The molecule has 8 nitrogen and oxygen atoms in total. The minimum atomic E-state index is -4.16. The highest BCUT2D eigenvalue weighted by atomic mass is 32.2. The van der Waals surface area contributed by atoms with Crippen LogP contribution in [0.5, 0.6) is 0 Å². The van der Waals surface area contributed by atoms with Gasteiger partial charge >= 0.3 is 0 Å². The topological polar surface area (TPSA) is 116 Å². The first-order valence-corrected chi connectivity index (χ1v) is 10.9. The molecule has 1 saturated heterocycles. The van der Waals surface area contributed by atoms with E-state index in [1.807, 2.05) is 5.01 Å². The van der Waals surface area contributed by atoms with Gasteiger partial charge in [-0.05, 0) is 55.5 Å². The fourth-order valence-electron chi connectivity index (χ4n) is 3.00. The van der Waals surface area contributed by atoms with Gasteiger partial charge < -0.3 is 14.6 Å². The molecule has 1 atom stereocenters. The molecule has 0 saturated carbocycles. The van der Waals surface area contributed by atoms with E-state index in [1.54, 1.807) is 30.3 Å². The highest BCUT2D eigenvalue weighted by Gasteiger charge is 2.11. The van der Waals surface area contributed by atoms with E-state index in [4.69, 9.17) is 0 Å². The number of carbonyl (C=O) groups is 1. The van der Waals surface area contributed by atoms with Crippen LogP contribution in [0.1, 0.15) is 24.8 Å². The third kappa shape index (κ3) is 6.10. The lowest BCUT2D eigenvalue weighted by Gasteiger charge is -2.32. The number of benzene rings is 2. The van der Waals surface area contributed by atoms with Gasteiger partial charge in [0.25, 0.3) is 0 Å². The highest BCUT2D eigenvalue weighted by molar-refractivity contribution is 7.94. The zero-order chi connectivity index (χ0) is 20.7. The van der Waals surface area contributed by atoms with E-state index in [0.29, 0.717) is 11.3 Å². The van der Waals surface area contributed by atoms with Crippen LogP contribution in [-0.2, 0) is 21.2 Å². The number of carboxylic acid groups (broad SMARTS) is 1. The molecule has 2 aromatic rings. The van der Waals surface area contributed by atoms with Gasteiger partial charge in [-0.15, -0.1) is 5.11 Å². The highest BCUT2D eigenvalue weighted by Crippen LogP contribution is 2.24. The van der Waals surface area contributed by atoms with Gasteiger partial charge in [0.2, 0.25) is 0 Å². The summed E-state index contributed by atoms with van der Waals surface area (Å²) >= 11 is 0. The van der Waals surface area contributed by atoms with Crippen molar-refractivity contribution in [2.45, 2.75) is 36.6 Å². The number of rotatable bonds is 8. The molecule has 0 aromatic heterocycles. The molecule has 1 unspecified atom stereocenters. The second-order valence-electron chi connectivity index (χ2n) is 6.80. The zero-order valence-corrected chi connectivity index (χ0v) is 16.7. The standard InChI is InChI=1S/C20H23N4O4S/c25-20(26)19(15-16-7-3-1-4-8-16)22-29(27,28)18-11-9-17(10-12-18)21-23-24-13-5-2-6-14-24/h1,3-4,7-12,19H,2,5-6,13-15H2,(H,25,26)/q-1/p-1. The summed E-state index contributed by atoms with van der Waals surface area (Å²) in [6, 6.07) is 12.9. The van der Waals surface area contributed by atoms with Crippen molar-refractivity contribution in [2.75, 3.05) is 13.1 Å². The Morgan fingerprint density at radius 2 is 1.69 bits per heavy atom. The average Bonchev–Trinajstić information content (AvgIpc) is 2.73. The summed E-state index contributed by atoms with van der Waals surface area (Å²) in [5.74, 6) is -1.54. The molecular weight excluding hydrogens is 392 g/mol. The van der Waals surface area contributed by atoms with Crippen molar-refractivity contribution >= 4 is 21.7 Å². The normalized spacial score (nSPS) is 16.1. The molecule has 1 aliphatic heterocycles.